The van der Waals surface area contributed by atoms with Crippen LogP contribution in [0.15, 0.2) is 24.5 Å². The van der Waals surface area contributed by atoms with Crippen molar-refractivity contribution in [1.82, 2.24) is 10.3 Å². The van der Waals surface area contributed by atoms with Gasteiger partial charge in [0.2, 0.25) is 0 Å². The van der Waals surface area contributed by atoms with Crippen LogP contribution in [0.3, 0.4) is 0 Å². The van der Waals surface area contributed by atoms with E-state index in [1.165, 1.54) is 0 Å². The van der Waals surface area contributed by atoms with E-state index in [2.05, 4.69) is 10.3 Å². The van der Waals surface area contributed by atoms with Gasteiger partial charge in [-0.2, -0.15) is 0 Å². The fourth-order valence-corrected chi connectivity index (χ4v) is 1.44. The third-order valence-corrected chi connectivity index (χ3v) is 2.18. The van der Waals surface area contributed by atoms with Crippen LogP contribution in [0.1, 0.15) is 30.6 Å². The fourth-order valence-electron chi connectivity index (χ4n) is 1.44. The van der Waals surface area contributed by atoms with Gasteiger partial charge in [-0.1, -0.05) is 13.8 Å². The Morgan fingerprint density at radius 1 is 1.44 bits per heavy atom. The molecule has 1 aromatic rings. The number of carbonyl (C=O) groups excluding carboxylic acids is 1. The van der Waals surface area contributed by atoms with E-state index >= 15 is 0 Å². The molecule has 0 aliphatic carbocycles. The summed E-state index contributed by atoms with van der Waals surface area (Å²) >= 11 is 0. The number of carbonyl (C=O) groups is 1. The van der Waals surface area contributed by atoms with Gasteiger partial charge in [-0.05, 0) is 24.5 Å². The molecule has 0 spiro atoms. The first-order chi connectivity index (χ1) is 7.59. The van der Waals surface area contributed by atoms with Crippen molar-refractivity contribution < 1.29 is 9.90 Å². The molecule has 0 aliphatic heterocycles. The van der Waals surface area contributed by atoms with E-state index < -0.39 is 6.10 Å². The highest BCUT2D eigenvalue weighted by atomic mass is 16.3. The molecule has 0 saturated carbocycles. The molecular formula is C12H18N2O2. The molecule has 1 aromatic heterocycles. The van der Waals surface area contributed by atoms with Crippen LogP contribution in [0.5, 0.6) is 0 Å². The van der Waals surface area contributed by atoms with Crippen LogP contribution >= 0.6 is 0 Å². The molecule has 1 rings (SSSR count). The number of nitrogens with one attached hydrogen (secondary N) is 1. The van der Waals surface area contributed by atoms with Crippen molar-refractivity contribution in [3.63, 3.8) is 0 Å². The first-order valence-corrected chi connectivity index (χ1v) is 5.46. The van der Waals surface area contributed by atoms with Gasteiger partial charge in [0.05, 0.1) is 6.10 Å². The zero-order chi connectivity index (χ0) is 12.0. The third kappa shape index (κ3) is 4.40. The average Bonchev–Trinajstić information content (AvgIpc) is 2.26. The normalized spacial score (nSPS) is 12.5. The number of aliphatic hydroxyl groups excluding tert-OH is 1. The number of hydrogen-bond acceptors (Lipinski definition) is 3. The van der Waals surface area contributed by atoms with Crippen LogP contribution in [0.2, 0.25) is 0 Å². The van der Waals surface area contributed by atoms with Gasteiger partial charge in [-0.25, -0.2) is 0 Å². The molecule has 0 saturated heterocycles. The number of aliphatic hydroxyl groups is 1. The van der Waals surface area contributed by atoms with E-state index in [1.807, 2.05) is 13.8 Å². The summed E-state index contributed by atoms with van der Waals surface area (Å²) in [6.45, 7) is 4.36. The first-order valence-electron chi connectivity index (χ1n) is 5.46. The molecule has 0 radical (unpaired) electrons. The summed E-state index contributed by atoms with van der Waals surface area (Å²) < 4.78 is 0. The molecule has 1 heterocycles. The predicted molar refractivity (Wildman–Crippen MR) is 62.0 cm³/mol. The number of nitrogens with zero attached hydrogens (tertiary/aromatic N) is 1. The van der Waals surface area contributed by atoms with Crippen LogP contribution in [0, 0.1) is 5.92 Å². The lowest BCUT2D eigenvalue weighted by molar-refractivity contribution is 0.0900. The van der Waals surface area contributed by atoms with Crippen molar-refractivity contribution in [2.75, 3.05) is 6.54 Å². The standard InChI is InChI=1S/C12H18N2O2/c1-9(2)7-11(15)8-14-12(16)10-3-5-13-6-4-10/h3-6,9,11,15H,7-8H2,1-2H3,(H,14,16)/t11-/m0/s1. The minimum Gasteiger partial charge on any atom is -0.391 e. The monoisotopic (exact) mass is 222 g/mol. The van der Waals surface area contributed by atoms with Crippen LogP contribution in [-0.4, -0.2) is 28.6 Å². The maximum absolute atomic E-state index is 11.6. The second-order valence-corrected chi connectivity index (χ2v) is 4.23. The molecular weight excluding hydrogens is 204 g/mol. The van der Waals surface area contributed by atoms with Gasteiger partial charge in [-0.15, -0.1) is 0 Å². The number of pyridine rings is 1. The zero-order valence-corrected chi connectivity index (χ0v) is 9.68. The summed E-state index contributed by atoms with van der Waals surface area (Å²) in [6, 6.07) is 3.29. The summed E-state index contributed by atoms with van der Waals surface area (Å²) in [6.07, 6.45) is 3.35. The molecule has 1 amide bonds. The SMILES string of the molecule is CC(C)C[C@H](O)CNC(=O)c1ccncc1. The highest BCUT2D eigenvalue weighted by molar-refractivity contribution is 5.93. The zero-order valence-electron chi connectivity index (χ0n) is 9.68. The largest absolute Gasteiger partial charge is 0.391 e. The van der Waals surface area contributed by atoms with Gasteiger partial charge >= 0.3 is 0 Å². The van der Waals surface area contributed by atoms with E-state index in [4.69, 9.17) is 0 Å². The number of hydrogen-bond donors (Lipinski definition) is 2. The fraction of sp³-hybridized carbons (Fsp3) is 0.500. The molecule has 88 valence electrons. The molecule has 4 nitrogen and oxygen atoms in total. The van der Waals surface area contributed by atoms with Crippen molar-refractivity contribution >= 4 is 5.91 Å². The lowest BCUT2D eigenvalue weighted by Gasteiger charge is -2.13. The number of aromatic nitrogens is 1. The summed E-state index contributed by atoms with van der Waals surface area (Å²) in [5.74, 6) is 0.248. The van der Waals surface area contributed by atoms with Crippen molar-refractivity contribution in [2.24, 2.45) is 5.92 Å². The summed E-state index contributed by atoms with van der Waals surface area (Å²) in [5, 5.41) is 12.3. The number of rotatable bonds is 5. The van der Waals surface area contributed by atoms with E-state index in [1.54, 1.807) is 24.5 Å². The van der Waals surface area contributed by atoms with Crippen molar-refractivity contribution in [3.05, 3.63) is 30.1 Å². The maximum Gasteiger partial charge on any atom is 0.251 e. The Balaban J connectivity index is 2.36. The molecule has 0 aliphatic rings. The predicted octanol–water partition coefficient (Wildman–Crippen LogP) is 1.22. The Kier molecular flexibility index (Phi) is 4.92. The van der Waals surface area contributed by atoms with Crippen LogP contribution in [-0.2, 0) is 0 Å². The molecule has 0 unspecified atom stereocenters. The molecule has 0 aromatic carbocycles. The summed E-state index contributed by atoms with van der Waals surface area (Å²) in [7, 11) is 0. The second kappa shape index (κ2) is 6.23. The van der Waals surface area contributed by atoms with Gasteiger partial charge in [0.15, 0.2) is 0 Å². The minimum absolute atomic E-state index is 0.176. The topological polar surface area (TPSA) is 62.2 Å². The highest BCUT2D eigenvalue weighted by Crippen LogP contribution is 2.03. The molecule has 1 atom stereocenters. The van der Waals surface area contributed by atoms with E-state index in [0.717, 1.165) is 0 Å². The Hall–Kier alpha value is -1.42. The second-order valence-electron chi connectivity index (χ2n) is 4.23. The Bertz CT molecular complexity index is 325. The van der Waals surface area contributed by atoms with Gasteiger partial charge in [0.1, 0.15) is 0 Å². The van der Waals surface area contributed by atoms with E-state index in [0.29, 0.717) is 24.4 Å². The molecule has 0 fully saturated rings. The van der Waals surface area contributed by atoms with Crippen molar-refractivity contribution in [1.29, 1.82) is 0 Å². The molecule has 0 bridgehead atoms. The average molecular weight is 222 g/mol. The highest BCUT2D eigenvalue weighted by Gasteiger charge is 2.09. The lowest BCUT2D eigenvalue weighted by atomic mass is 10.1. The third-order valence-electron chi connectivity index (χ3n) is 2.18. The Labute approximate surface area is 95.7 Å². The van der Waals surface area contributed by atoms with Crippen molar-refractivity contribution in [2.45, 2.75) is 26.4 Å². The maximum atomic E-state index is 11.6. The van der Waals surface area contributed by atoms with Crippen molar-refractivity contribution in [3.8, 4) is 0 Å². The summed E-state index contributed by atoms with van der Waals surface area (Å²) in [4.78, 5) is 15.4. The van der Waals surface area contributed by atoms with E-state index in [9.17, 15) is 9.90 Å². The van der Waals surface area contributed by atoms with E-state index in [-0.39, 0.29) is 5.91 Å². The molecule has 2 N–H and O–H groups in total. The van der Waals surface area contributed by atoms with Crippen LogP contribution in [0.4, 0.5) is 0 Å². The Morgan fingerprint density at radius 2 is 2.06 bits per heavy atom. The van der Waals surface area contributed by atoms with Crippen LogP contribution < -0.4 is 5.32 Å². The van der Waals surface area contributed by atoms with Gasteiger partial charge < -0.3 is 10.4 Å². The first kappa shape index (κ1) is 12.6. The Morgan fingerprint density at radius 3 is 2.62 bits per heavy atom. The smallest absolute Gasteiger partial charge is 0.251 e. The lowest BCUT2D eigenvalue weighted by Crippen LogP contribution is -2.32. The van der Waals surface area contributed by atoms with Crippen LogP contribution in [0.25, 0.3) is 0 Å². The van der Waals surface area contributed by atoms with Gasteiger partial charge in [0, 0.05) is 24.5 Å². The molecule has 16 heavy (non-hydrogen) atoms. The minimum atomic E-state index is -0.481. The number of amides is 1. The summed E-state index contributed by atoms with van der Waals surface area (Å²) in [5.41, 5.74) is 0.562. The van der Waals surface area contributed by atoms with Gasteiger partial charge in [-0.3, -0.25) is 9.78 Å². The molecule has 4 heteroatoms. The van der Waals surface area contributed by atoms with Gasteiger partial charge in [0.25, 0.3) is 5.91 Å². The quantitative estimate of drug-likeness (QED) is 0.787.